The second-order valence-electron chi connectivity index (χ2n) is 4.18. The lowest BCUT2D eigenvalue weighted by atomic mass is 10.1. The Morgan fingerprint density at radius 1 is 1.35 bits per heavy atom. The van der Waals surface area contributed by atoms with E-state index in [2.05, 4.69) is 31.7 Å². The zero-order valence-corrected chi connectivity index (χ0v) is 12.6. The van der Waals surface area contributed by atoms with Crippen LogP contribution in [0.1, 0.15) is 22.8 Å². The van der Waals surface area contributed by atoms with Crippen LogP contribution in [0.25, 0.3) is 0 Å². The van der Waals surface area contributed by atoms with E-state index in [4.69, 9.17) is 5.84 Å². The molecule has 0 aliphatic heterocycles. The number of halogens is 1. The lowest BCUT2D eigenvalue weighted by Crippen LogP contribution is -2.15. The Morgan fingerprint density at radius 2 is 2.15 bits per heavy atom. The number of benzene rings is 1. The van der Waals surface area contributed by atoms with Crippen LogP contribution >= 0.6 is 15.9 Å². The maximum absolute atomic E-state index is 12.2. The molecule has 1 amide bonds. The van der Waals surface area contributed by atoms with Gasteiger partial charge in [0.2, 0.25) is 0 Å². The number of nitrogen functional groups attached to an aromatic ring is 1. The highest BCUT2D eigenvalue weighted by atomic mass is 79.9. The van der Waals surface area contributed by atoms with Crippen molar-refractivity contribution < 1.29 is 4.79 Å². The standard InChI is InChI=1S/C14H15BrN4O/c1-2-9-7-11(15)3-4-12(9)18-14(20)10-5-6-17-13(8-10)19-16/h3-8H,2,16H2,1H3,(H,17,19)(H,18,20). The molecular formula is C14H15BrN4O. The van der Waals surface area contributed by atoms with E-state index >= 15 is 0 Å². The number of nitrogens with one attached hydrogen (secondary N) is 2. The third-order valence-electron chi connectivity index (χ3n) is 2.87. The van der Waals surface area contributed by atoms with Crippen molar-refractivity contribution in [2.45, 2.75) is 13.3 Å². The van der Waals surface area contributed by atoms with Gasteiger partial charge in [0.1, 0.15) is 5.82 Å². The summed E-state index contributed by atoms with van der Waals surface area (Å²) in [5.41, 5.74) is 4.79. The number of hydrogen-bond acceptors (Lipinski definition) is 4. The van der Waals surface area contributed by atoms with Gasteiger partial charge in [-0.2, -0.15) is 0 Å². The number of amides is 1. The van der Waals surface area contributed by atoms with E-state index in [9.17, 15) is 4.79 Å². The van der Waals surface area contributed by atoms with Crippen LogP contribution in [-0.4, -0.2) is 10.9 Å². The van der Waals surface area contributed by atoms with Crippen molar-refractivity contribution >= 4 is 33.3 Å². The van der Waals surface area contributed by atoms with Crippen LogP contribution in [-0.2, 0) is 6.42 Å². The molecule has 0 radical (unpaired) electrons. The van der Waals surface area contributed by atoms with Crippen LogP contribution < -0.4 is 16.6 Å². The number of carbonyl (C=O) groups is 1. The Morgan fingerprint density at radius 3 is 2.85 bits per heavy atom. The minimum Gasteiger partial charge on any atom is -0.322 e. The van der Waals surface area contributed by atoms with E-state index < -0.39 is 0 Å². The quantitative estimate of drug-likeness (QED) is 0.593. The van der Waals surface area contributed by atoms with Gasteiger partial charge in [0, 0.05) is 21.9 Å². The molecule has 0 atom stereocenters. The highest BCUT2D eigenvalue weighted by Crippen LogP contribution is 2.22. The molecule has 0 aliphatic carbocycles. The molecule has 0 unspecified atom stereocenters. The predicted octanol–water partition coefficient (Wildman–Crippen LogP) is 2.94. The third kappa shape index (κ3) is 3.34. The second-order valence-corrected chi connectivity index (χ2v) is 5.10. The van der Waals surface area contributed by atoms with Gasteiger partial charge < -0.3 is 10.7 Å². The fourth-order valence-corrected chi connectivity index (χ4v) is 2.23. The average molecular weight is 335 g/mol. The van der Waals surface area contributed by atoms with Gasteiger partial charge in [0.15, 0.2) is 0 Å². The van der Waals surface area contributed by atoms with E-state index in [-0.39, 0.29) is 5.91 Å². The van der Waals surface area contributed by atoms with Crippen molar-refractivity contribution in [3.63, 3.8) is 0 Å². The first kappa shape index (κ1) is 14.5. The Balaban J connectivity index is 2.23. The molecule has 0 aliphatic rings. The molecule has 20 heavy (non-hydrogen) atoms. The summed E-state index contributed by atoms with van der Waals surface area (Å²) in [4.78, 5) is 16.2. The van der Waals surface area contributed by atoms with Gasteiger partial charge >= 0.3 is 0 Å². The number of aromatic nitrogens is 1. The van der Waals surface area contributed by atoms with E-state index in [1.165, 1.54) is 6.20 Å². The van der Waals surface area contributed by atoms with Crippen LogP contribution in [0, 0.1) is 0 Å². The maximum Gasteiger partial charge on any atom is 0.255 e. The van der Waals surface area contributed by atoms with Gasteiger partial charge in [0.05, 0.1) is 0 Å². The van der Waals surface area contributed by atoms with Crippen molar-refractivity contribution in [2.24, 2.45) is 5.84 Å². The molecule has 0 fully saturated rings. The lowest BCUT2D eigenvalue weighted by molar-refractivity contribution is 0.102. The fourth-order valence-electron chi connectivity index (χ4n) is 1.82. The summed E-state index contributed by atoms with van der Waals surface area (Å²) in [7, 11) is 0. The molecule has 6 heteroatoms. The highest BCUT2D eigenvalue weighted by Gasteiger charge is 2.09. The second kappa shape index (κ2) is 6.49. The molecule has 0 bridgehead atoms. The molecule has 1 heterocycles. The number of hydrazine groups is 1. The average Bonchev–Trinajstić information content (AvgIpc) is 2.49. The van der Waals surface area contributed by atoms with E-state index in [0.29, 0.717) is 11.4 Å². The zero-order chi connectivity index (χ0) is 14.5. The van der Waals surface area contributed by atoms with Gasteiger partial charge in [-0.15, -0.1) is 0 Å². The molecule has 2 aromatic rings. The molecule has 0 saturated carbocycles. The number of pyridine rings is 1. The van der Waals surface area contributed by atoms with Crippen molar-refractivity contribution in [3.8, 4) is 0 Å². The Labute approximate surface area is 125 Å². The fraction of sp³-hybridized carbons (Fsp3) is 0.143. The van der Waals surface area contributed by atoms with E-state index in [1.54, 1.807) is 12.1 Å². The Bertz CT molecular complexity index is 630. The van der Waals surface area contributed by atoms with Crippen LogP contribution in [0.3, 0.4) is 0 Å². The van der Waals surface area contributed by atoms with Gasteiger partial charge in [0.25, 0.3) is 5.91 Å². The molecule has 0 spiro atoms. The Hall–Kier alpha value is -1.92. The maximum atomic E-state index is 12.2. The van der Waals surface area contributed by atoms with Crippen LogP contribution in [0.5, 0.6) is 0 Å². The summed E-state index contributed by atoms with van der Waals surface area (Å²) in [5, 5.41) is 2.90. The number of nitrogens with two attached hydrogens (primary N) is 1. The summed E-state index contributed by atoms with van der Waals surface area (Å²) < 4.78 is 0.992. The molecule has 1 aromatic carbocycles. The van der Waals surface area contributed by atoms with Crippen molar-refractivity contribution in [1.82, 2.24) is 4.98 Å². The summed E-state index contributed by atoms with van der Waals surface area (Å²) in [6.45, 7) is 2.04. The molecule has 1 aromatic heterocycles. The third-order valence-corrected chi connectivity index (χ3v) is 3.36. The summed E-state index contributed by atoms with van der Waals surface area (Å²) >= 11 is 3.42. The van der Waals surface area contributed by atoms with Crippen molar-refractivity contribution in [1.29, 1.82) is 0 Å². The van der Waals surface area contributed by atoms with Crippen molar-refractivity contribution in [3.05, 3.63) is 52.1 Å². The van der Waals surface area contributed by atoms with Gasteiger partial charge in [-0.25, -0.2) is 10.8 Å². The summed E-state index contributed by atoms with van der Waals surface area (Å²) in [5.74, 6) is 5.54. The highest BCUT2D eigenvalue weighted by molar-refractivity contribution is 9.10. The predicted molar refractivity (Wildman–Crippen MR) is 83.5 cm³/mol. The smallest absolute Gasteiger partial charge is 0.255 e. The number of rotatable bonds is 4. The number of hydrogen-bond donors (Lipinski definition) is 3. The lowest BCUT2D eigenvalue weighted by Gasteiger charge is -2.11. The van der Waals surface area contributed by atoms with Gasteiger partial charge in [-0.05, 0) is 42.3 Å². The molecule has 5 nitrogen and oxygen atoms in total. The number of anilines is 2. The normalized spacial score (nSPS) is 10.2. The van der Waals surface area contributed by atoms with Crippen LogP contribution in [0.2, 0.25) is 0 Å². The Kier molecular flexibility index (Phi) is 4.70. The topological polar surface area (TPSA) is 80.0 Å². The van der Waals surface area contributed by atoms with E-state index in [1.807, 2.05) is 25.1 Å². The summed E-state index contributed by atoms with van der Waals surface area (Å²) in [6, 6.07) is 9.01. The molecule has 2 rings (SSSR count). The van der Waals surface area contributed by atoms with Gasteiger partial charge in [-0.1, -0.05) is 22.9 Å². The van der Waals surface area contributed by atoms with Gasteiger partial charge in [-0.3, -0.25) is 4.79 Å². The molecule has 4 N–H and O–H groups in total. The molecule has 0 saturated heterocycles. The molecule has 104 valence electrons. The minimum absolute atomic E-state index is 0.194. The van der Waals surface area contributed by atoms with E-state index in [0.717, 1.165) is 22.1 Å². The van der Waals surface area contributed by atoms with Crippen molar-refractivity contribution in [2.75, 3.05) is 10.7 Å². The molecular weight excluding hydrogens is 320 g/mol. The van der Waals surface area contributed by atoms with Crippen LogP contribution in [0.15, 0.2) is 41.0 Å². The first-order chi connectivity index (χ1) is 9.63. The number of carbonyl (C=O) groups excluding carboxylic acids is 1. The van der Waals surface area contributed by atoms with Crippen LogP contribution in [0.4, 0.5) is 11.5 Å². The summed E-state index contributed by atoms with van der Waals surface area (Å²) in [6.07, 6.45) is 2.37. The first-order valence-corrected chi connectivity index (χ1v) is 6.95. The largest absolute Gasteiger partial charge is 0.322 e. The minimum atomic E-state index is -0.194. The number of aryl methyl sites for hydroxylation is 1. The number of nitrogens with zero attached hydrogens (tertiary/aromatic N) is 1. The zero-order valence-electron chi connectivity index (χ0n) is 11.0. The first-order valence-electron chi connectivity index (χ1n) is 6.16. The monoisotopic (exact) mass is 334 g/mol. The SMILES string of the molecule is CCc1cc(Br)ccc1NC(=O)c1ccnc(NN)c1.